The predicted molar refractivity (Wildman–Crippen MR) is 137 cm³/mol. The number of hydrogen-bond donors (Lipinski definition) is 0. The second-order valence-electron chi connectivity index (χ2n) is 8.76. The molecule has 3 aromatic carbocycles. The van der Waals surface area contributed by atoms with Crippen LogP contribution in [0.3, 0.4) is 0 Å². The van der Waals surface area contributed by atoms with Crippen molar-refractivity contribution >= 4 is 12.0 Å². The summed E-state index contributed by atoms with van der Waals surface area (Å²) in [6.07, 6.45) is 6.93. The lowest BCUT2D eigenvalue weighted by molar-refractivity contribution is -0.133. The monoisotopic (exact) mass is 438 g/mol. The number of rotatable bonds is 9. The molecule has 3 aromatic rings. The van der Waals surface area contributed by atoms with Gasteiger partial charge in [-0.1, -0.05) is 103 Å². The Labute approximate surface area is 198 Å². The third kappa shape index (κ3) is 6.90. The number of benzene rings is 3. The van der Waals surface area contributed by atoms with Crippen LogP contribution in [0.4, 0.5) is 0 Å². The van der Waals surface area contributed by atoms with Crippen LogP contribution in [0, 0.1) is 0 Å². The Kier molecular flexibility index (Phi) is 8.49. The highest BCUT2D eigenvalue weighted by atomic mass is 16.2. The van der Waals surface area contributed by atoms with Gasteiger partial charge in [-0.3, -0.25) is 9.69 Å². The summed E-state index contributed by atoms with van der Waals surface area (Å²) in [5, 5.41) is 0. The van der Waals surface area contributed by atoms with Crippen molar-refractivity contribution in [2.24, 2.45) is 0 Å². The Bertz CT molecular complexity index is 954. The van der Waals surface area contributed by atoms with Gasteiger partial charge in [0.1, 0.15) is 0 Å². The van der Waals surface area contributed by atoms with Gasteiger partial charge in [0.25, 0.3) is 0 Å². The van der Waals surface area contributed by atoms with E-state index in [4.69, 9.17) is 0 Å². The maximum absolute atomic E-state index is 12.9. The van der Waals surface area contributed by atoms with Crippen molar-refractivity contribution in [3.8, 4) is 0 Å². The largest absolute Gasteiger partial charge is 0.340 e. The molecule has 1 fully saturated rings. The van der Waals surface area contributed by atoms with Crippen LogP contribution in [0.15, 0.2) is 97.1 Å². The summed E-state index contributed by atoms with van der Waals surface area (Å²) in [5.74, 6) is 0.641. The van der Waals surface area contributed by atoms with E-state index >= 15 is 0 Å². The Morgan fingerprint density at radius 3 is 1.88 bits per heavy atom. The normalized spacial score (nSPS) is 14.8. The van der Waals surface area contributed by atoms with E-state index in [1.807, 2.05) is 6.07 Å². The van der Waals surface area contributed by atoms with E-state index in [-0.39, 0.29) is 0 Å². The van der Waals surface area contributed by atoms with Crippen molar-refractivity contribution < 1.29 is 4.79 Å². The van der Waals surface area contributed by atoms with E-state index in [9.17, 15) is 4.79 Å². The van der Waals surface area contributed by atoms with Crippen molar-refractivity contribution in [3.63, 3.8) is 0 Å². The van der Waals surface area contributed by atoms with Gasteiger partial charge in [0, 0.05) is 45.1 Å². The molecule has 4 rings (SSSR count). The molecule has 0 saturated carbocycles. The lowest BCUT2D eigenvalue weighted by Gasteiger charge is -2.34. The van der Waals surface area contributed by atoms with Gasteiger partial charge in [0.2, 0.25) is 5.91 Å². The fourth-order valence-electron chi connectivity index (χ4n) is 4.59. The van der Waals surface area contributed by atoms with E-state index < -0.39 is 0 Å². The van der Waals surface area contributed by atoms with Gasteiger partial charge < -0.3 is 4.90 Å². The van der Waals surface area contributed by atoms with Gasteiger partial charge in [-0.15, -0.1) is 0 Å². The number of carbonyl (C=O) groups is 1. The Morgan fingerprint density at radius 2 is 1.30 bits per heavy atom. The van der Waals surface area contributed by atoms with Gasteiger partial charge in [0.05, 0.1) is 0 Å². The summed E-state index contributed by atoms with van der Waals surface area (Å²) in [6.45, 7) is 4.49. The van der Waals surface area contributed by atoms with Gasteiger partial charge in [0.15, 0.2) is 0 Å². The fourth-order valence-corrected chi connectivity index (χ4v) is 4.59. The van der Waals surface area contributed by atoms with Crippen LogP contribution in [0.2, 0.25) is 0 Å². The zero-order valence-corrected chi connectivity index (χ0v) is 19.4. The molecule has 0 N–H and O–H groups in total. The summed E-state index contributed by atoms with van der Waals surface area (Å²) >= 11 is 0. The number of hydrogen-bond acceptors (Lipinski definition) is 2. The third-order valence-electron chi connectivity index (χ3n) is 6.49. The van der Waals surface area contributed by atoms with Crippen molar-refractivity contribution in [2.45, 2.75) is 25.2 Å². The first kappa shape index (κ1) is 23.0. The van der Waals surface area contributed by atoms with Crippen LogP contribution in [0.25, 0.3) is 6.08 Å². The molecule has 1 aliphatic heterocycles. The average molecular weight is 439 g/mol. The molecule has 1 aliphatic rings. The van der Waals surface area contributed by atoms with Crippen molar-refractivity contribution in [1.82, 2.24) is 9.80 Å². The minimum atomic E-state index is 0.300. The zero-order chi connectivity index (χ0) is 22.7. The van der Waals surface area contributed by atoms with Crippen molar-refractivity contribution in [1.29, 1.82) is 0 Å². The molecule has 0 aliphatic carbocycles. The van der Waals surface area contributed by atoms with Gasteiger partial charge in [-0.2, -0.15) is 0 Å². The van der Waals surface area contributed by atoms with Crippen LogP contribution in [-0.2, 0) is 4.79 Å². The van der Waals surface area contributed by atoms with Gasteiger partial charge >= 0.3 is 0 Å². The molecule has 1 saturated heterocycles. The molecule has 0 atom stereocenters. The standard InChI is InChI=1S/C30H34N2O/c33-30(32-24-22-31(23-25-32)21-11-14-26-12-4-1-5-13-26)20-10-19-29(27-15-6-2-7-16-27)28-17-8-3-9-18-28/h1-9,11-18,29H,10,19-25H2. The first-order chi connectivity index (χ1) is 16.3. The summed E-state index contributed by atoms with van der Waals surface area (Å²) in [4.78, 5) is 17.3. The molecule has 0 unspecified atom stereocenters. The number of carbonyl (C=O) groups excluding carboxylic acids is 1. The van der Waals surface area contributed by atoms with Crippen molar-refractivity contribution in [2.75, 3.05) is 32.7 Å². The molecule has 170 valence electrons. The maximum Gasteiger partial charge on any atom is 0.222 e. The van der Waals surface area contributed by atoms with Crippen LogP contribution >= 0.6 is 0 Å². The molecule has 0 spiro atoms. The van der Waals surface area contributed by atoms with E-state index in [1.165, 1.54) is 16.7 Å². The van der Waals surface area contributed by atoms with Crippen LogP contribution in [0.5, 0.6) is 0 Å². The number of nitrogens with zero attached hydrogens (tertiary/aromatic N) is 2. The van der Waals surface area contributed by atoms with Crippen molar-refractivity contribution in [3.05, 3.63) is 114 Å². The van der Waals surface area contributed by atoms with E-state index in [0.717, 1.165) is 45.6 Å². The van der Waals surface area contributed by atoms with Crippen LogP contribution in [0.1, 0.15) is 41.9 Å². The first-order valence-corrected chi connectivity index (χ1v) is 12.1. The minimum absolute atomic E-state index is 0.300. The number of piperazine rings is 1. The second-order valence-corrected chi connectivity index (χ2v) is 8.76. The van der Waals surface area contributed by atoms with E-state index in [1.54, 1.807) is 0 Å². The number of amides is 1. The van der Waals surface area contributed by atoms with E-state index in [2.05, 4.69) is 107 Å². The van der Waals surface area contributed by atoms with Gasteiger partial charge in [-0.05, 0) is 29.5 Å². The summed E-state index contributed by atoms with van der Waals surface area (Å²) in [5.41, 5.74) is 3.89. The molecule has 1 heterocycles. The molecule has 3 heteroatoms. The quantitative estimate of drug-likeness (QED) is 0.419. The lowest BCUT2D eigenvalue weighted by Crippen LogP contribution is -2.48. The third-order valence-corrected chi connectivity index (χ3v) is 6.49. The molecule has 1 amide bonds. The maximum atomic E-state index is 12.9. The summed E-state index contributed by atoms with van der Waals surface area (Å²) in [6, 6.07) is 31.7. The molecular formula is C30H34N2O. The highest BCUT2D eigenvalue weighted by Gasteiger charge is 2.21. The second kappa shape index (κ2) is 12.2. The minimum Gasteiger partial charge on any atom is -0.340 e. The molecule has 33 heavy (non-hydrogen) atoms. The molecular weight excluding hydrogens is 404 g/mol. The first-order valence-electron chi connectivity index (χ1n) is 12.1. The SMILES string of the molecule is O=C(CCCC(c1ccccc1)c1ccccc1)N1CCN(CC=Cc2ccccc2)CC1. The lowest BCUT2D eigenvalue weighted by atomic mass is 9.87. The molecule has 0 aromatic heterocycles. The molecule has 0 radical (unpaired) electrons. The summed E-state index contributed by atoms with van der Waals surface area (Å²) in [7, 11) is 0. The Hall–Kier alpha value is -3.17. The van der Waals surface area contributed by atoms with Crippen LogP contribution < -0.4 is 0 Å². The highest BCUT2D eigenvalue weighted by Crippen LogP contribution is 2.29. The predicted octanol–water partition coefficient (Wildman–Crippen LogP) is 5.85. The van der Waals surface area contributed by atoms with E-state index in [0.29, 0.717) is 18.2 Å². The topological polar surface area (TPSA) is 23.6 Å². The highest BCUT2D eigenvalue weighted by molar-refractivity contribution is 5.76. The van der Waals surface area contributed by atoms with Gasteiger partial charge in [-0.25, -0.2) is 0 Å². The zero-order valence-electron chi connectivity index (χ0n) is 19.4. The Balaban J connectivity index is 1.22. The molecule has 3 nitrogen and oxygen atoms in total. The Morgan fingerprint density at radius 1 is 0.758 bits per heavy atom. The molecule has 0 bridgehead atoms. The fraction of sp³-hybridized carbons (Fsp3) is 0.300. The smallest absolute Gasteiger partial charge is 0.222 e. The van der Waals surface area contributed by atoms with Crippen LogP contribution in [-0.4, -0.2) is 48.4 Å². The average Bonchev–Trinajstić information content (AvgIpc) is 2.88. The summed E-state index contributed by atoms with van der Waals surface area (Å²) < 4.78 is 0.